The molecule has 2 N–H and O–H groups in total. The molecule has 0 amide bonds. The molecule has 7 heteroatoms. The third-order valence-corrected chi connectivity index (χ3v) is 4.28. The van der Waals surface area contributed by atoms with E-state index in [0.717, 1.165) is 36.1 Å². The zero-order valence-corrected chi connectivity index (χ0v) is 20.2. The molecule has 156 valence electrons. The Morgan fingerprint density at radius 2 is 1.74 bits per heavy atom. The van der Waals surface area contributed by atoms with Crippen molar-refractivity contribution in [2.24, 2.45) is 4.99 Å². The Hall–Kier alpha value is -1.22. The fraction of sp³-hybridized carbons (Fsp3) is 0.650. The molecule has 1 aromatic rings. The van der Waals surface area contributed by atoms with Crippen LogP contribution in [0.25, 0.3) is 0 Å². The van der Waals surface area contributed by atoms with Gasteiger partial charge in [0.15, 0.2) is 17.5 Å². The molecule has 0 aliphatic rings. The van der Waals surface area contributed by atoms with Crippen molar-refractivity contribution in [3.8, 4) is 11.5 Å². The number of nitrogens with one attached hydrogen (secondary N) is 2. The van der Waals surface area contributed by atoms with Crippen molar-refractivity contribution in [3.63, 3.8) is 0 Å². The second-order valence-electron chi connectivity index (χ2n) is 6.51. The van der Waals surface area contributed by atoms with Gasteiger partial charge in [0.1, 0.15) is 0 Å². The van der Waals surface area contributed by atoms with Gasteiger partial charge in [0.2, 0.25) is 0 Å². The van der Waals surface area contributed by atoms with Crippen molar-refractivity contribution in [3.05, 3.63) is 23.8 Å². The lowest BCUT2D eigenvalue weighted by molar-refractivity contribution is 0.278. The minimum Gasteiger partial charge on any atom is -0.490 e. The number of nitrogens with zero attached hydrogens (tertiary/aromatic N) is 2. The van der Waals surface area contributed by atoms with Crippen molar-refractivity contribution in [2.75, 3.05) is 40.4 Å². The van der Waals surface area contributed by atoms with Gasteiger partial charge < -0.3 is 25.0 Å². The number of guanidine groups is 1. The molecule has 1 rings (SSSR count). The minimum absolute atomic E-state index is 0. The van der Waals surface area contributed by atoms with E-state index in [4.69, 9.17) is 9.47 Å². The summed E-state index contributed by atoms with van der Waals surface area (Å²) < 4.78 is 11.4. The lowest BCUT2D eigenvalue weighted by Crippen LogP contribution is -2.42. The summed E-state index contributed by atoms with van der Waals surface area (Å²) in [6, 6.07) is 6.69. The Bertz CT molecular complexity index is 567. The van der Waals surface area contributed by atoms with E-state index in [1.54, 1.807) is 7.05 Å². The van der Waals surface area contributed by atoms with Gasteiger partial charge in [-0.05, 0) is 59.4 Å². The molecule has 0 saturated carbocycles. The quantitative estimate of drug-likeness (QED) is 0.297. The molecular weight excluding hydrogens is 455 g/mol. The van der Waals surface area contributed by atoms with E-state index in [-0.39, 0.29) is 30.0 Å². The molecule has 0 spiro atoms. The summed E-state index contributed by atoms with van der Waals surface area (Å²) >= 11 is 0. The molecule has 0 radical (unpaired) electrons. The van der Waals surface area contributed by atoms with Gasteiger partial charge in [0.05, 0.1) is 19.3 Å². The molecule has 0 aromatic heterocycles. The van der Waals surface area contributed by atoms with E-state index in [1.807, 2.05) is 26.0 Å². The Kier molecular flexibility index (Phi) is 13.2. The highest BCUT2D eigenvalue weighted by molar-refractivity contribution is 14.0. The normalized spacial score (nSPS) is 12.6. The number of halogens is 1. The minimum atomic E-state index is 0. The number of rotatable bonds is 10. The van der Waals surface area contributed by atoms with Crippen molar-refractivity contribution in [1.82, 2.24) is 15.5 Å². The van der Waals surface area contributed by atoms with Crippen LogP contribution in [0.15, 0.2) is 23.2 Å². The van der Waals surface area contributed by atoms with Gasteiger partial charge in [-0.1, -0.05) is 6.07 Å². The Labute approximate surface area is 182 Å². The molecule has 0 saturated heterocycles. The summed E-state index contributed by atoms with van der Waals surface area (Å²) in [4.78, 5) is 6.62. The van der Waals surface area contributed by atoms with Crippen LogP contribution in [-0.4, -0.2) is 57.3 Å². The first-order chi connectivity index (χ1) is 12.4. The zero-order chi connectivity index (χ0) is 19.5. The van der Waals surface area contributed by atoms with E-state index in [1.165, 1.54) is 0 Å². The van der Waals surface area contributed by atoms with Crippen LogP contribution in [0.3, 0.4) is 0 Å². The molecule has 0 aliphatic carbocycles. The second-order valence-corrected chi connectivity index (χ2v) is 6.51. The lowest BCUT2D eigenvalue weighted by atomic mass is 10.1. The third kappa shape index (κ3) is 9.01. The molecule has 0 bridgehead atoms. The van der Waals surface area contributed by atoms with Crippen molar-refractivity contribution < 1.29 is 9.47 Å². The Morgan fingerprint density at radius 1 is 1.11 bits per heavy atom. The molecule has 0 fully saturated rings. The first-order valence-corrected chi connectivity index (χ1v) is 9.49. The summed E-state index contributed by atoms with van der Waals surface area (Å²) in [7, 11) is 3.92. The van der Waals surface area contributed by atoms with Gasteiger partial charge in [-0.3, -0.25) is 4.99 Å². The van der Waals surface area contributed by atoms with E-state index in [2.05, 4.69) is 54.4 Å². The molecule has 1 unspecified atom stereocenters. The fourth-order valence-electron chi connectivity index (χ4n) is 2.43. The summed E-state index contributed by atoms with van der Waals surface area (Å²) in [5.74, 6) is 2.35. The summed E-state index contributed by atoms with van der Waals surface area (Å²) in [6.07, 6.45) is 0. The molecule has 27 heavy (non-hydrogen) atoms. The van der Waals surface area contributed by atoms with Crippen LogP contribution < -0.4 is 20.1 Å². The van der Waals surface area contributed by atoms with Gasteiger partial charge in [0.25, 0.3) is 0 Å². The zero-order valence-electron chi connectivity index (χ0n) is 17.8. The maximum atomic E-state index is 5.72. The number of hydrogen-bond donors (Lipinski definition) is 2. The number of aliphatic imine (C=N–C) groups is 1. The van der Waals surface area contributed by atoms with Gasteiger partial charge in [-0.2, -0.15) is 0 Å². The SMILES string of the molecule is CCOc1ccc(C(C)NC(=NC)NCCN(C)C(C)C)cc1OCC.I. The smallest absolute Gasteiger partial charge is 0.191 e. The Balaban J connectivity index is 0.00000676. The highest BCUT2D eigenvalue weighted by Gasteiger charge is 2.12. The molecule has 1 aromatic carbocycles. The van der Waals surface area contributed by atoms with Crippen LogP contribution in [0.4, 0.5) is 0 Å². The van der Waals surface area contributed by atoms with E-state index in [9.17, 15) is 0 Å². The van der Waals surface area contributed by atoms with Gasteiger partial charge >= 0.3 is 0 Å². The van der Waals surface area contributed by atoms with Crippen LogP contribution in [0.1, 0.15) is 46.2 Å². The number of hydrogen-bond acceptors (Lipinski definition) is 4. The second kappa shape index (κ2) is 13.9. The van der Waals surface area contributed by atoms with Crippen molar-refractivity contribution in [1.29, 1.82) is 0 Å². The molecule has 1 atom stereocenters. The van der Waals surface area contributed by atoms with Crippen molar-refractivity contribution >= 4 is 29.9 Å². The number of ether oxygens (including phenoxy) is 2. The van der Waals surface area contributed by atoms with Crippen LogP contribution in [0, 0.1) is 0 Å². The fourth-order valence-corrected chi connectivity index (χ4v) is 2.43. The third-order valence-electron chi connectivity index (χ3n) is 4.28. The van der Waals surface area contributed by atoms with Crippen molar-refractivity contribution in [2.45, 2.75) is 46.7 Å². The summed E-state index contributed by atoms with van der Waals surface area (Å²) in [5, 5.41) is 6.80. The van der Waals surface area contributed by atoms with Gasteiger partial charge in [0, 0.05) is 26.2 Å². The Morgan fingerprint density at radius 3 is 2.30 bits per heavy atom. The number of likely N-dealkylation sites (N-methyl/N-ethyl adjacent to an activating group) is 1. The summed E-state index contributed by atoms with van der Waals surface area (Å²) in [6.45, 7) is 13.5. The largest absolute Gasteiger partial charge is 0.490 e. The molecular formula is C20H37IN4O2. The molecule has 0 aliphatic heterocycles. The molecule has 0 heterocycles. The van der Waals surface area contributed by atoms with Gasteiger partial charge in [-0.25, -0.2) is 0 Å². The van der Waals surface area contributed by atoms with E-state index in [0.29, 0.717) is 19.3 Å². The van der Waals surface area contributed by atoms with Gasteiger partial charge in [-0.15, -0.1) is 24.0 Å². The highest BCUT2D eigenvalue weighted by atomic mass is 127. The highest BCUT2D eigenvalue weighted by Crippen LogP contribution is 2.30. The predicted octanol–water partition coefficient (Wildman–Crippen LogP) is 3.67. The van der Waals surface area contributed by atoms with E-state index < -0.39 is 0 Å². The van der Waals surface area contributed by atoms with E-state index >= 15 is 0 Å². The maximum absolute atomic E-state index is 5.72. The lowest BCUT2D eigenvalue weighted by Gasteiger charge is -2.23. The van der Waals surface area contributed by atoms with Crippen LogP contribution in [0.2, 0.25) is 0 Å². The first kappa shape index (κ1) is 25.8. The molecule has 6 nitrogen and oxygen atoms in total. The maximum Gasteiger partial charge on any atom is 0.191 e. The topological polar surface area (TPSA) is 58.1 Å². The van der Waals surface area contributed by atoms with Crippen LogP contribution >= 0.6 is 24.0 Å². The first-order valence-electron chi connectivity index (χ1n) is 9.49. The average molecular weight is 492 g/mol. The summed E-state index contributed by atoms with van der Waals surface area (Å²) in [5.41, 5.74) is 1.12. The number of benzene rings is 1. The average Bonchev–Trinajstić information content (AvgIpc) is 2.62. The van der Waals surface area contributed by atoms with Crippen LogP contribution in [-0.2, 0) is 0 Å². The van der Waals surface area contributed by atoms with Crippen LogP contribution in [0.5, 0.6) is 11.5 Å². The monoisotopic (exact) mass is 492 g/mol. The standard InChI is InChI=1S/C20H36N4O2.HI/c1-8-25-18-11-10-17(14-19(18)26-9-2)16(5)23-20(21-6)22-12-13-24(7)15(3)4;/h10-11,14-16H,8-9,12-13H2,1-7H3,(H2,21,22,23);1H. The predicted molar refractivity (Wildman–Crippen MR) is 125 cm³/mol.